The number of nitrogens with zero attached hydrogens (tertiary/aromatic N) is 3. The molecule has 0 radical (unpaired) electrons. The Morgan fingerprint density at radius 3 is 2.76 bits per heavy atom. The van der Waals surface area contributed by atoms with Crippen LogP contribution in [0.3, 0.4) is 0 Å². The van der Waals surface area contributed by atoms with Gasteiger partial charge in [0.05, 0.1) is 14.2 Å². The van der Waals surface area contributed by atoms with Gasteiger partial charge in [0.15, 0.2) is 11.5 Å². The quantitative estimate of drug-likeness (QED) is 0.843. The first kappa shape index (κ1) is 15.3. The monoisotopic (exact) mass is 290 g/mol. The van der Waals surface area contributed by atoms with Gasteiger partial charge in [-0.2, -0.15) is 5.10 Å². The van der Waals surface area contributed by atoms with Gasteiger partial charge in [-0.1, -0.05) is 19.1 Å². The first-order valence-corrected chi connectivity index (χ1v) is 7.04. The van der Waals surface area contributed by atoms with E-state index in [0.717, 1.165) is 24.4 Å². The summed E-state index contributed by atoms with van der Waals surface area (Å²) in [5, 5.41) is 4.22. The molecule has 0 amide bonds. The summed E-state index contributed by atoms with van der Waals surface area (Å²) in [5.74, 6) is 2.24. The van der Waals surface area contributed by atoms with E-state index in [1.54, 1.807) is 20.5 Å². The van der Waals surface area contributed by atoms with Crippen LogP contribution in [0.2, 0.25) is 0 Å². The molecule has 2 rings (SSSR count). The summed E-state index contributed by atoms with van der Waals surface area (Å²) in [6.07, 6.45) is 3.18. The van der Waals surface area contributed by atoms with E-state index in [1.165, 1.54) is 0 Å². The van der Waals surface area contributed by atoms with Crippen LogP contribution in [-0.2, 0) is 13.0 Å². The molecule has 0 aliphatic rings. The molecule has 0 saturated carbocycles. The number of methoxy groups -OCH3 is 2. The van der Waals surface area contributed by atoms with Crippen LogP contribution in [0.4, 0.5) is 0 Å². The SMILES string of the molecule is CCCn1ncnc1CC(N)c1cccc(OC)c1OC. The van der Waals surface area contributed by atoms with Gasteiger partial charge < -0.3 is 15.2 Å². The Balaban J connectivity index is 2.24. The van der Waals surface area contributed by atoms with Gasteiger partial charge in [0.1, 0.15) is 12.2 Å². The molecule has 6 heteroatoms. The van der Waals surface area contributed by atoms with E-state index >= 15 is 0 Å². The topological polar surface area (TPSA) is 75.2 Å². The maximum Gasteiger partial charge on any atom is 0.165 e. The summed E-state index contributed by atoms with van der Waals surface area (Å²) >= 11 is 0. The molecule has 114 valence electrons. The van der Waals surface area contributed by atoms with Gasteiger partial charge in [-0.3, -0.25) is 4.68 Å². The Morgan fingerprint density at radius 1 is 1.29 bits per heavy atom. The zero-order chi connectivity index (χ0) is 15.2. The highest BCUT2D eigenvalue weighted by Crippen LogP contribution is 2.34. The molecule has 21 heavy (non-hydrogen) atoms. The van der Waals surface area contributed by atoms with Gasteiger partial charge in [-0.25, -0.2) is 4.98 Å². The van der Waals surface area contributed by atoms with E-state index < -0.39 is 0 Å². The fourth-order valence-corrected chi connectivity index (χ4v) is 2.36. The Labute approximate surface area is 124 Å². The molecular formula is C15H22N4O2. The van der Waals surface area contributed by atoms with Crippen LogP contribution >= 0.6 is 0 Å². The number of nitrogens with two attached hydrogens (primary N) is 1. The fraction of sp³-hybridized carbons (Fsp3) is 0.467. The van der Waals surface area contributed by atoms with Gasteiger partial charge in [0.2, 0.25) is 0 Å². The summed E-state index contributed by atoms with van der Waals surface area (Å²) < 4.78 is 12.6. The van der Waals surface area contributed by atoms with E-state index in [1.807, 2.05) is 22.9 Å². The van der Waals surface area contributed by atoms with Crippen LogP contribution in [0.1, 0.15) is 30.8 Å². The van der Waals surface area contributed by atoms with Crippen molar-refractivity contribution >= 4 is 0 Å². The summed E-state index contributed by atoms with van der Waals surface area (Å²) in [7, 11) is 3.23. The molecule has 1 aromatic carbocycles. The lowest BCUT2D eigenvalue weighted by atomic mass is 10.0. The molecule has 0 bridgehead atoms. The largest absolute Gasteiger partial charge is 0.493 e. The summed E-state index contributed by atoms with van der Waals surface area (Å²) in [6, 6.07) is 5.49. The first-order chi connectivity index (χ1) is 10.2. The van der Waals surface area contributed by atoms with Crippen molar-refractivity contribution in [3.63, 3.8) is 0 Å². The number of aromatic nitrogens is 3. The average molecular weight is 290 g/mol. The van der Waals surface area contributed by atoms with Gasteiger partial charge >= 0.3 is 0 Å². The molecule has 0 fully saturated rings. The van der Waals surface area contributed by atoms with E-state index in [2.05, 4.69) is 17.0 Å². The van der Waals surface area contributed by atoms with Crippen molar-refractivity contribution in [2.75, 3.05) is 14.2 Å². The van der Waals surface area contributed by atoms with E-state index in [0.29, 0.717) is 17.9 Å². The zero-order valence-electron chi connectivity index (χ0n) is 12.7. The van der Waals surface area contributed by atoms with Crippen molar-refractivity contribution < 1.29 is 9.47 Å². The van der Waals surface area contributed by atoms with E-state index in [-0.39, 0.29) is 6.04 Å². The minimum absolute atomic E-state index is 0.227. The molecule has 6 nitrogen and oxygen atoms in total. The number of rotatable bonds is 7. The molecular weight excluding hydrogens is 268 g/mol. The van der Waals surface area contributed by atoms with Gasteiger partial charge in [-0.05, 0) is 12.5 Å². The Morgan fingerprint density at radius 2 is 2.10 bits per heavy atom. The Kier molecular flexibility index (Phi) is 5.16. The summed E-state index contributed by atoms with van der Waals surface area (Å²) in [4.78, 5) is 4.30. The molecule has 0 aliphatic carbocycles. The Bertz CT molecular complexity index is 583. The normalized spacial score (nSPS) is 12.2. The molecule has 2 N–H and O–H groups in total. The number of benzene rings is 1. The van der Waals surface area contributed by atoms with E-state index in [9.17, 15) is 0 Å². The summed E-state index contributed by atoms with van der Waals surface area (Å²) in [5.41, 5.74) is 7.24. The highest BCUT2D eigenvalue weighted by atomic mass is 16.5. The number of aryl methyl sites for hydroxylation is 1. The second kappa shape index (κ2) is 7.08. The van der Waals surface area contributed by atoms with Gasteiger partial charge in [0, 0.05) is 24.6 Å². The van der Waals surface area contributed by atoms with E-state index in [4.69, 9.17) is 15.2 Å². The predicted molar refractivity (Wildman–Crippen MR) is 80.5 cm³/mol. The van der Waals surface area contributed by atoms with Crippen LogP contribution < -0.4 is 15.2 Å². The third-order valence-electron chi connectivity index (χ3n) is 3.37. The van der Waals surface area contributed by atoms with Crippen LogP contribution in [0.25, 0.3) is 0 Å². The first-order valence-electron chi connectivity index (χ1n) is 7.04. The lowest BCUT2D eigenvalue weighted by molar-refractivity contribution is 0.349. The molecule has 1 atom stereocenters. The van der Waals surface area contributed by atoms with Crippen molar-refractivity contribution in [2.45, 2.75) is 32.4 Å². The van der Waals surface area contributed by atoms with Crippen LogP contribution in [0, 0.1) is 0 Å². The van der Waals surface area contributed by atoms with Gasteiger partial charge in [-0.15, -0.1) is 0 Å². The highest BCUT2D eigenvalue weighted by molar-refractivity contribution is 5.48. The van der Waals surface area contributed by atoms with Crippen molar-refractivity contribution in [3.8, 4) is 11.5 Å². The third-order valence-corrected chi connectivity index (χ3v) is 3.37. The van der Waals surface area contributed by atoms with Crippen LogP contribution in [0.5, 0.6) is 11.5 Å². The smallest absolute Gasteiger partial charge is 0.165 e. The summed E-state index contributed by atoms with van der Waals surface area (Å²) in [6.45, 7) is 2.95. The minimum Gasteiger partial charge on any atom is -0.493 e. The molecule has 2 aromatic rings. The number of hydrogen-bond acceptors (Lipinski definition) is 5. The standard InChI is InChI=1S/C15H22N4O2/c1-4-8-19-14(17-10-18-19)9-12(16)11-6-5-7-13(20-2)15(11)21-3/h5-7,10,12H,4,8-9,16H2,1-3H3. The number of ether oxygens (including phenoxy) is 2. The second-order valence-electron chi connectivity index (χ2n) is 4.79. The Hall–Kier alpha value is -2.08. The molecule has 0 saturated heterocycles. The molecule has 0 aliphatic heterocycles. The molecule has 1 unspecified atom stereocenters. The maximum absolute atomic E-state index is 6.33. The highest BCUT2D eigenvalue weighted by Gasteiger charge is 2.18. The minimum atomic E-state index is -0.227. The average Bonchev–Trinajstić information content (AvgIpc) is 2.93. The molecule has 1 aromatic heterocycles. The lowest BCUT2D eigenvalue weighted by Gasteiger charge is -2.17. The van der Waals surface area contributed by atoms with Gasteiger partial charge in [0.25, 0.3) is 0 Å². The zero-order valence-corrected chi connectivity index (χ0v) is 12.7. The molecule has 0 spiro atoms. The lowest BCUT2D eigenvalue weighted by Crippen LogP contribution is -2.18. The second-order valence-corrected chi connectivity index (χ2v) is 4.79. The third kappa shape index (κ3) is 3.33. The molecule has 1 heterocycles. The van der Waals surface area contributed by atoms with Crippen LogP contribution in [-0.4, -0.2) is 29.0 Å². The predicted octanol–water partition coefficient (Wildman–Crippen LogP) is 1.95. The van der Waals surface area contributed by atoms with Crippen molar-refractivity contribution in [1.29, 1.82) is 0 Å². The number of hydrogen-bond donors (Lipinski definition) is 1. The fourth-order valence-electron chi connectivity index (χ4n) is 2.36. The van der Waals surface area contributed by atoms with Crippen molar-refractivity contribution in [1.82, 2.24) is 14.8 Å². The number of para-hydroxylation sites is 1. The van der Waals surface area contributed by atoms with Crippen LogP contribution in [0.15, 0.2) is 24.5 Å². The van der Waals surface area contributed by atoms with Crippen molar-refractivity contribution in [2.24, 2.45) is 5.73 Å². The maximum atomic E-state index is 6.33. The van der Waals surface area contributed by atoms with Crippen molar-refractivity contribution in [3.05, 3.63) is 35.9 Å².